The number of hydrogen-bond acceptors (Lipinski definition) is 3. The van der Waals surface area contributed by atoms with E-state index in [0.717, 1.165) is 17.0 Å². The highest BCUT2D eigenvalue weighted by Crippen LogP contribution is 2.26. The lowest BCUT2D eigenvalue weighted by Crippen LogP contribution is -2.13. The Labute approximate surface area is 131 Å². The van der Waals surface area contributed by atoms with Crippen molar-refractivity contribution in [3.05, 3.63) is 47.3 Å². The van der Waals surface area contributed by atoms with E-state index in [0.29, 0.717) is 17.5 Å². The third-order valence-corrected chi connectivity index (χ3v) is 3.73. The Morgan fingerprint density at radius 1 is 1.18 bits per heavy atom. The third kappa shape index (κ3) is 3.16. The molecule has 0 aliphatic heterocycles. The van der Waals surface area contributed by atoms with Crippen LogP contribution in [0.25, 0.3) is 0 Å². The summed E-state index contributed by atoms with van der Waals surface area (Å²) in [5.41, 5.74) is 2.80. The van der Waals surface area contributed by atoms with Crippen molar-refractivity contribution in [1.82, 2.24) is 4.57 Å². The molecule has 1 aromatic carbocycles. The number of aromatic nitrogens is 1. The molecular weight excluding hydrogens is 278 g/mol. The molecule has 0 N–H and O–H groups in total. The van der Waals surface area contributed by atoms with E-state index < -0.39 is 0 Å². The molecule has 4 nitrogen and oxygen atoms in total. The number of nitrogens with zero attached hydrogens (tertiary/aromatic N) is 1. The fourth-order valence-corrected chi connectivity index (χ4v) is 2.81. The average Bonchev–Trinajstić information content (AvgIpc) is 2.80. The van der Waals surface area contributed by atoms with Gasteiger partial charge in [-0.1, -0.05) is 12.1 Å². The number of carbonyl (C=O) groups is 1. The number of ether oxygens (including phenoxy) is 2. The number of rotatable bonds is 6. The van der Waals surface area contributed by atoms with Crippen molar-refractivity contribution in [2.45, 2.75) is 33.7 Å². The van der Waals surface area contributed by atoms with E-state index in [2.05, 4.69) is 18.4 Å². The molecule has 0 unspecified atom stereocenters. The van der Waals surface area contributed by atoms with Crippen LogP contribution in [0.5, 0.6) is 11.5 Å². The lowest BCUT2D eigenvalue weighted by atomic mass is 10.1. The molecule has 0 amide bonds. The van der Waals surface area contributed by atoms with Gasteiger partial charge < -0.3 is 14.0 Å². The fraction of sp³-hybridized carbons (Fsp3) is 0.389. The van der Waals surface area contributed by atoms with Gasteiger partial charge in [-0.3, -0.25) is 4.79 Å². The molecule has 2 rings (SSSR count). The molecule has 1 aromatic heterocycles. The Hall–Kier alpha value is -2.23. The standard InChI is InChI=1S/C18H23NO3/c1-12(2)19-13(3)10-15(14(19)4)16(20)11-22-18-9-7-6-8-17(18)21-5/h6-10,12H,11H2,1-5H3. The van der Waals surface area contributed by atoms with Gasteiger partial charge >= 0.3 is 0 Å². The molecule has 0 spiro atoms. The summed E-state index contributed by atoms with van der Waals surface area (Å²) in [5, 5.41) is 0. The molecule has 0 saturated carbocycles. The summed E-state index contributed by atoms with van der Waals surface area (Å²) in [6, 6.07) is 9.59. The molecule has 0 fully saturated rings. The number of para-hydroxylation sites is 2. The molecule has 22 heavy (non-hydrogen) atoms. The first-order valence-electron chi connectivity index (χ1n) is 7.43. The van der Waals surface area contributed by atoms with Gasteiger partial charge in [-0.2, -0.15) is 0 Å². The van der Waals surface area contributed by atoms with Crippen molar-refractivity contribution >= 4 is 5.78 Å². The molecule has 0 saturated heterocycles. The molecule has 0 atom stereocenters. The summed E-state index contributed by atoms with van der Waals surface area (Å²) in [6.07, 6.45) is 0. The van der Waals surface area contributed by atoms with Gasteiger partial charge in [0.2, 0.25) is 5.78 Å². The van der Waals surface area contributed by atoms with Crippen LogP contribution in [0, 0.1) is 13.8 Å². The Balaban J connectivity index is 2.15. The van der Waals surface area contributed by atoms with Crippen LogP contribution >= 0.6 is 0 Å². The van der Waals surface area contributed by atoms with Crippen LogP contribution in [-0.4, -0.2) is 24.1 Å². The van der Waals surface area contributed by atoms with E-state index in [1.54, 1.807) is 13.2 Å². The molecule has 0 aliphatic rings. The van der Waals surface area contributed by atoms with Crippen molar-refractivity contribution in [3.8, 4) is 11.5 Å². The van der Waals surface area contributed by atoms with E-state index in [4.69, 9.17) is 9.47 Å². The summed E-state index contributed by atoms with van der Waals surface area (Å²) >= 11 is 0. The first-order chi connectivity index (χ1) is 10.5. The Morgan fingerprint density at radius 3 is 2.36 bits per heavy atom. The predicted molar refractivity (Wildman–Crippen MR) is 87.1 cm³/mol. The Bertz CT molecular complexity index is 671. The minimum Gasteiger partial charge on any atom is -0.493 e. The number of carbonyl (C=O) groups excluding carboxylic acids is 1. The number of ketones is 1. The van der Waals surface area contributed by atoms with Crippen LogP contribution in [0.3, 0.4) is 0 Å². The third-order valence-electron chi connectivity index (χ3n) is 3.73. The molecule has 0 bridgehead atoms. The van der Waals surface area contributed by atoms with Gasteiger partial charge in [0.15, 0.2) is 18.1 Å². The van der Waals surface area contributed by atoms with E-state index >= 15 is 0 Å². The second-order valence-corrected chi connectivity index (χ2v) is 5.61. The largest absolute Gasteiger partial charge is 0.493 e. The number of Topliss-reactive ketones (excluding diaryl/α,β-unsaturated/α-hetero) is 1. The van der Waals surface area contributed by atoms with Crippen LogP contribution in [-0.2, 0) is 0 Å². The van der Waals surface area contributed by atoms with Crippen molar-refractivity contribution in [2.75, 3.05) is 13.7 Å². The Kier molecular flexibility index (Phi) is 4.91. The summed E-state index contributed by atoms with van der Waals surface area (Å²) in [7, 11) is 1.58. The topological polar surface area (TPSA) is 40.5 Å². The molecule has 0 aliphatic carbocycles. The monoisotopic (exact) mass is 301 g/mol. The van der Waals surface area contributed by atoms with Crippen molar-refractivity contribution in [3.63, 3.8) is 0 Å². The lowest BCUT2D eigenvalue weighted by molar-refractivity contribution is 0.0918. The van der Waals surface area contributed by atoms with Crippen LogP contribution in [0.4, 0.5) is 0 Å². The summed E-state index contributed by atoms with van der Waals surface area (Å²) in [5.74, 6) is 1.19. The zero-order valence-corrected chi connectivity index (χ0v) is 13.8. The SMILES string of the molecule is COc1ccccc1OCC(=O)c1cc(C)n(C(C)C)c1C. The van der Waals surface area contributed by atoms with Gasteiger partial charge in [0, 0.05) is 23.0 Å². The van der Waals surface area contributed by atoms with Gasteiger partial charge in [-0.15, -0.1) is 0 Å². The van der Waals surface area contributed by atoms with Crippen LogP contribution < -0.4 is 9.47 Å². The zero-order valence-electron chi connectivity index (χ0n) is 13.8. The number of aryl methyl sites for hydroxylation is 1. The maximum Gasteiger partial charge on any atom is 0.202 e. The first-order valence-corrected chi connectivity index (χ1v) is 7.43. The highest BCUT2D eigenvalue weighted by atomic mass is 16.5. The Morgan fingerprint density at radius 2 is 1.82 bits per heavy atom. The molecule has 118 valence electrons. The second kappa shape index (κ2) is 6.69. The molecule has 4 heteroatoms. The van der Waals surface area contributed by atoms with Gasteiger partial charge in [0.05, 0.1) is 7.11 Å². The quantitative estimate of drug-likeness (QED) is 0.758. The summed E-state index contributed by atoms with van der Waals surface area (Å²) in [4.78, 5) is 12.4. The smallest absolute Gasteiger partial charge is 0.202 e. The van der Waals surface area contributed by atoms with Crippen molar-refractivity contribution in [1.29, 1.82) is 0 Å². The zero-order chi connectivity index (χ0) is 16.3. The van der Waals surface area contributed by atoms with Crippen LogP contribution in [0.1, 0.15) is 41.6 Å². The van der Waals surface area contributed by atoms with Crippen LogP contribution in [0.2, 0.25) is 0 Å². The maximum atomic E-state index is 12.4. The normalized spacial score (nSPS) is 10.8. The molecule has 2 aromatic rings. The van der Waals surface area contributed by atoms with E-state index in [1.807, 2.05) is 38.1 Å². The second-order valence-electron chi connectivity index (χ2n) is 5.61. The average molecular weight is 301 g/mol. The van der Waals surface area contributed by atoms with Gasteiger partial charge in [0.25, 0.3) is 0 Å². The molecule has 1 heterocycles. The molecule has 0 radical (unpaired) electrons. The first kappa shape index (κ1) is 16.1. The van der Waals surface area contributed by atoms with Gasteiger partial charge in [0.1, 0.15) is 0 Å². The molecular formula is C18H23NO3. The number of methoxy groups -OCH3 is 1. The van der Waals surface area contributed by atoms with Crippen molar-refractivity contribution in [2.24, 2.45) is 0 Å². The predicted octanol–water partition coefficient (Wildman–Crippen LogP) is 3.96. The summed E-state index contributed by atoms with van der Waals surface area (Å²) < 4.78 is 13.0. The van der Waals surface area contributed by atoms with Gasteiger partial charge in [-0.25, -0.2) is 0 Å². The lowest BCUT2D eigenvalue weighted by Gasteiger charge is -2.14. The van der Waals surface area contributed by atoms with Crippen molar-refractivity contribution < 1.29 is 14.3 Å². The number of hydrogen-bond donors (Lipinski definition) is 0. The number of benzene rings is 1. The fourth-order valence-electron chi connectivity index (χ4n) is 2.81. The highest BCUT2D eigenvalue weighted by Gasteiger charge is 2.18. The van der Waals surface area contributed by atoms with Gasteiger partial charge in [-0.05, 0) is 45.9 Å². The maximum absolute atomic E-state index is 12.4. The van der Waals surface area contributed by atoms with E-state index in [1.165, 1.54) is 0 Å². The van der Waals surface area contributed by atoms with E-state index in [-0.39, 0.29) is 12.4 Å². The van der Waals surface area contributed by atoms with E-state index in [9.17, 15) is 4.79 Å². The minimum atomic E-state index is -0.0223. The van der Waals surface area contributed by atoms with Crippen LogP contribution in [0.15, 0.2) is 30.3 Å². The highest BCUT2D eigenvalue weighted by molar-refractivity contribution is 5.98. The summed E-state index contributed by atoms with van der Waals surface area (Å²) in [6.45, 7) is 8.22. The minimum absolute atomic E-state index is 0.00274.